The molecule has 1 aliphatic rings. The molecule has 1 aromatic rings. The summed E-state index contributed by atoms with van der Waals surface area (Å²) < 4.78 is 0. The highest BCUT2D eigenvalue weighted by molar-refractivity contribution is 7.10. The molecule has 4 nitrogen and oxygen atoms in total. The van der Waals surface area contributed by atoms with E-state index in [1.165, 1.54) is 30.6 Å². The summed E-state index contributed by atoms with van der Waals surface area (Å²) in [5.74, 6) is -0.0775. The third kappa shape index (κ3) is 4.03. The SMILES string of the molecule is CC(CNC(=O)C(N)c1cccs1)N1CCCCC1. The summed E-state index contributed by atoms with van der Waals surface area (Å²) in [5, 5.41) is 4.91. The molecule has 19 heavy (non-hydrogen) atoms. The van der Waals surface area contributed by atoms with E-state index >= 15 is 0 Å². The van der Waals surface area contributed by atoms with E-state index in [2.05, 4.69) is 17.1 Å². The molecule has 2 unspecified atom stereocenters. The molecule has 1 aromatic heterocycles. The Morgan fingerprint density at radius 3 is 2.84 bits per heavy atom. The molecule has 0 aromatic carbocycles. The summed E-state index contributed by atoms with van der Waals surface area (Å²) in [5.41, 5.74) is 5.93. The van der Waals surface area contributed by atoms with E-state index in [-0.39, 0.29) is 5.91 Å². The van der Waals surface area contributed by atoms with Crippen LogP contribution in [-0.2, 0) is 4.79 Å². The molecule has 1 saturated heterocycles. The van der Waals surface area contributed by atoms with Crippen LogP contribution in [0.4, 0.5) is 0 Å². The lowest BCUT2D eigenvalue weighted by Gasteiger charge is -2.32. The van der Waals surface area contributed by atoms with E-state index in [0.717, 1.165) is 18.0 Å². The molecule has 2 rings (SSSR count). The molecule has 0 aliphatic carbocycles. The maximum Gasteiger partial charge on any atom is 0.242 e. The molecule has 0 radical (unpaired) electrons. The van der Waals surface area contributed by atoms with Crippen molar-refractivity contribution in [2.45, 2.75) is 38.3 Å². The number of carbonyl (C=O) groups is 1. The quantitative estimate of drug-likeness (QED) is 0.864. The Hall–Kier alpha value is -0.910. The van der Waals surface area contributed by atoms with Crippen LogP contribution >= 0.6 is 11.3 Å². The lowest BCUT2D eigenvalue weighted by Crippen LogP contribution is -2.46. The fraction of sp³-hybridized carbons (Fsp3) is 0.643. The van der Waals surface area contributed by atoms with Gasteiger partial charge in [-0.05, 0) is 44.3 Å². The number of piperidine rings is 1. The average molecular weight is 281 g/mol. The van der Waals surface area contributed by atoms with Crippen LogP contribution < -0.4 is 11.1 Å². The maximum atomic E-state index is 12.0. The largest absolute Gasteiger partial charge is 0.353 e. The zero-order valence-corrected chi connectivity index (χ0v) is 12.3. The molecule has 106 valence electrons. The number of rotatable bonds is 5. The summed E-state index contributed by atoms with van der Waals surface area (Å²) in [6, 6.07) is 3.68. The number of nitrogens with one attached hydrogen (secondary N) is 1. The van der Waals surface area contributed by atoms with Crippen molar-refractivity contribution >= 4 is 17.2 Å². The van der Waals surface area contributed by atoms with Gasteiger partial charge in [-0.25, -0.2) is 0 Å². The third-order valence-corrected chi connectivity index (χ3v) is 4.67. The van der Waals surface area contributed by atoms with Gasteiger partial charge in [0.25, 0.3) is 0 Å². The Balaban J connectivity index is 1.76. The number of amides is 1. The van der Waals surface area contributed by atoms with Gasteiger partial charge in [-0.3, -0.25) is 9.69 Å². The molecule has 1 aliphatic heterocycles. The van der Waals surface area contributed by atoms with Gasteiger partial charge in [-0.1, -0.05) is 12.5 Å². The van der Waals surface area contributed by atoms with Crippen molar-refractivity contribution < 1.29 is 4.79 Å². The number of thiophene rings is 1. The summed E-state index contributed by atoms with van der Waals surface area (Å²) in [6.45, 7) is 5.14. The fourth-order valence-corrected chi connectivity index (χ4v) is 3.17. The highest BCUT2D eigenvalue weighted by Gasteiger charge is 2.20. The van der Waals surface area contributed by atoms with E-state index < -0.39 is 6.04 Å². The first-order valence-electron chi connectivity index (χ1n) is 6.99. The highest BCUT2D eigenvalue weighted by atomic mass is 32.1. The van der Waals surface area contributed by atoms with Crippen molar-refractivity contribution in [2.24, 2.45) is 5.73 Å². The van der Waals surface area contributed by atoms with Gasteiger partial charge in [-0.2, -0.15) is 0 Å². The Morgan fingerprint density at radius 1 is 1.47 bits per heavy atom. The van der Waals surface area contributed by atoms with E-state index in [0.29, 0.717) is 12.6 Å². The van der Waals surface area contributed by atoms with Crippen LogP contribution in [0.5, 0.6) is 0 Å². The van der Waals surface area contributed by atoms with Crippen LogP contribution in [0.25, 0.3) is 0 Å². The zero-order valence-electron chi connectivity index (χ0n) is 11.5. The number of hydrogen-bond donors (Lipinski definition) is 2. The zero-order chi connectivity index (χ0) is 13.7. The van der Waals surface area contributed by atoms with Crippen molar-refractivity contribution in [2.75, 3.05) is 19.6 Å². The van der Waals surface area contributed by atoms with Gasteiger partial charge in [0.1, 0.15) is 6.04 Å². The molecular formula is C14H23N3OS. The van der Waals surface area contributed by atoms with E-state index in [4.69, 9.17) is 5.73 Å². The number of nitrogens with zero attached hydrogens (tertiary/aromatic N) is 1. The van der Waals surface area contributed by atoms with Crippen LogP contribution in [-0.4, -0.2) is 36.5 Å². The molecule has 1 fully saturated rings. The molecule has 5 heteroatoms. The Kier molecular flexibility index (Phi) is 5.36. The number of nitrogens with two attached hydrogens (primary N) is 1. The van der Waals surface area contributed by atoms with Crippen molar-refractivity contribution in [3.63, 3.8) is 0 Å². The van der Waals surface area contributed by atoms with E-state index in [1.54, 1.807) is 0 Å². The first-order chi connectivity index (χ1) is 9.18. The molecule has 2 atom stereocenters. The highest BCUT2D eigenvalue weighted by Crippen LogP contribution is 2.17. The molecule has 0 bridgehead atoms. The fourth-order valence-electron chi connectivity index (χ4n) is 2.44. The first kappa shape index (κ1) is 14.5. The molecule has 1 amide bonds. The van der Waals surface area contributed by atoms with E-state index in [1.807, 2.05) is 17.5 Å². The van der Waals surface area contributed by atoms with Gasteiger partial charge in [0.15, 0.2) is 0 Å². The minimum absolute atomic E-state index is 0.0775. The minimum Gasteiger partial charge on any atom is -0.353 e. The van der Waals surface area contributed by atoms with Crippen molar-refractivity contribution in [3.05, 3.63) is 22.4 Å². The van der Waals surface area contributed by atoms with Gasteiger partial charge >= 0.3 is 0 Å². The van der Waals surface area contributed by atoms with Crippen LogP contribution in [0, 0.1) is 0 Å². The maximum absolute atomic E-state index is 12.0. The van der Waals surface area contributed by atoms with Gasteiger partial charge in [0, 0.05) is 17.5 Å². The average Bonchev–Trinajstić information content (AvgIpc) is 2.98. The summed E-state index contributed by atoms with van der Waals surface area (Å²) in [4.78, 5) is 15.3. The van der Waals surface area contributed by atoms with Crippen molar-refractivity contribution in [1.29, 1.82) is 0 Å². The topological polar surface area (TPSA) is 58.4 Å². The Bertz CT molecular complexity index is 387. The molecule has 0 saturated carbocycles. The predicted molar refractivity (Wildman–Crippen MR) is 79.1 cm³/mol. The molecule has 2 heterocycles. The number of carbonyl (C=O) groups excluding carboxylic acids is 1. The van der Waals surface area contributed by atoms with Gasteiger partial charge in [0.05, 0.1) is 0 Å². The van der Waals surface area contributed by atoms with Gasteiger partial charge < -0.3 is 11.1 Å². The number of likely N-dealkylation sites (tertiary alicyclic amines) is 1. The second-order valence-electron chi connectivity index (χ2n) is 5.18. The Labute approximate surface area is 119 Å². The lowest BCUT2D eigenvalue weighted by molar-refractivity contribution is -0.122. The minimum atomic E-state index is -0.534. The first-order valence-corrected chi connectivity index (χ1v) is 7.87. The lowest BCUT2D eigenvalue weighted by atomic mass is 10.1. The van der Waals surface area contributed by atoms with Crippen molar-refractivity contribution in [1.82, 2.24) is 10.2 Å². The summed E-state index contributed by atoms with van der Waals surface area (Å²) in [7, 11) is 0. The van der Waals surface area contributed by atoms with Crippen LogP contribution in [0.2, 0.25) is 0 Å². The smallest absolute Gasteiger partial charge is 0.242 e. The summed E-state index contributed by atoms with van der Waals surface area (Å²) >= 11 is 1.53. The monoisotopic (exact) mass is 281 g/mol. The van der Waals surface area contributed by atoms with E-state index in [9.17, 15) is 4.79 Å². The van der Waals surface area contributed by atoms with Gasteiger partial charge in [-0.15, -0.1) is 11.3 Å². The second kappa shape index (κ2) is 7.03. The Morgan fingerprint density at radius 2 is 2.21 bits per heavy atom. The van der Waals surface area contributed by atoms with Gasteiger partial charge in [0.2, 0.25) is 5.91 Å². The normalized spacial score (nSPS) is 19.9. The van der Waals surface area contributed by atoms with Crippen LogP contribution in [0.15, 0.2) is 17.5 Å². The van der Waals surface area contributed by atoms with Crippen LogP contribution in [0.1, 0.15) is 37.1 Å². The number of hydrogen-bond acceptors (Lipinski definition) is 4. The second-order valence-corrected chi connectivity index (χ2v) is 6.16. The molecule has 3 N–H and O–H groups in total. The standard InChI is InChI=1S/C14H23N3OS/c1-11(17-7-3-2-4-8-17)10-16-14(18)13(15)12-6-5-9-19-12/h5-6,9,11,13H,2-4,7-8,10,15H2,1H3,(H,16,18). The van der Waals surface area contributed by atoms with Crippen molar-refractivity contribution in [3.8, 4) is 0 Å². The third-order valence-electron chi connectivity index (χ3n) is 3.72. The van der Waals surface area contributed by atoms with Crippen LogP contribution in [0.3, 0.4) is 0 Å². The molecule has 0 spiro atoms. The predicted octanol–water partition coefficient (Wildman–Crippen LogP) is 1.74. The summed E-state index contributed by atoms with van der Waals surface area (Å²) in [6.07, 6.45) is 3.87. The molecular weight excluding hydrogens is 258 g/mol.